The molecule has 0 atom stereocenters. The number of rotatable bonds is 2. The fourth-order valence-electron chi connectivity index (χ4n) is 2.41. The Bertz CT molecular complexity index is 882. The van der Waals surface area contributed by atoms with E-state index in [4.69, 9.17) is 0 Å². The molecular formula is C17H13NO4. The Morgan fingerprint density at radius 3 is 2.32 bits per heavy atom. The lowest BCUT2D eigenvalue weighted by Crippen LogP contribution is -2.00. The van der Waals surface area contributed by atoms with Crippen molar-refractivity contribution in [2.45, 2.75) is 6.92 Å². The number of carbonyl (C=O) groups is 1. The van der Waals surface area contributed by atoms with Gasteiger partial charge < -0.3 is 15.3 Å². The number of aryl methyl sites for hydroxylation is 1. The predicted octanol–water partition coefficient (Wildman–Crippen LogP) is 3.32. The highest BCUT2D eigenvalue weighted by Gasteiger charge is 2.14. The normalized spacial score (nSPS) is 10.8. The lowest BCUT2D eigenvalue weighted by Gasteiger charge is -2.08. The molecule has 0 fully saturated rings. The van der Waals surface area contributed by atoms with Gasteiger partial charge in [-0.3, -0.25) is 0 Å². The van der Waals surface area contributed by atoms with Crippen molar-refractivity contribution < 1.29 is 20.1 Å². The van der Waals surface area contributed by atoms with E-state index in [2.05, 4.69) is 4.98 Å². The van der Waals surface area contributed by atoms with Gasteiger partial charge >= 0.3 is 5.97 Å². The summed E-state index contributed by atoms with van der Waals surface area (Å²) in [5.41, 5.74) is 2.44. The largest absolute Gasteiger partial charge is 0.508 e. The second-order valence-electron chi connectivity index (χ2n) is 5.12. The molecule has 2 aromatic carbocycles. The molecule has 0 saturated carbocycles. The summed E-state index contributed by atoms with van der Waals surface area (Å²) in [5.74, 6) is -1.28. The van der Waals surface area contributed by atoms with Gasteiger partial charge in [-0.2, -0.15) is 0 Å². The van der Waals surface area contributed by atoms with E-state index in [0.29, 0.717) is 22.2 Å². The number of benzene rings is 2. The Labute approximate surface area is 126 Å². The van der Waals surface area contributed by atoms with Gasteiger partial charge in [-0.1, -0.05) is 11.6 Å². The summed E-state index contributed by atoms with van der Waals surface area (Å²) >= 11 is 0. The Hall–Kier alpha value is -3.08. The highest BCUT2D eigenvalue weighted by Crippen LogP contribution is 2.30. The van der Waals surface area contributed by atoms with Crippen LogP contribution in [0.2, 0.25) is 0 Å². The van der Waals surface area contributed by atoms with Crippen molar-refractivity contribution in [3.63, 3.8) is 0 Å². The summed E-state index contributed by atoms with van der Waals surface area (Å²) in [6.07, 6.45) is 0. The van der Waals surface area contributed by atoms with E-state index in [1.807, 2.05) is 13.0 Å². The summed E-state index contributed by atoms with van der Waals surface area (Å²) < 4.78 is 0. The molecule has 110 valence electrons. The number of hydrogen-bond acceptors (Lipinski definition) is 4. The number of nitrogens with zero attached hydrogens (tertiary/aromatic N) is 1. The van der Waals surface area contributed by atoms with Crippen molar-refractivity contribution in [2.24, 2.45) is 0 Å². The van der Waals surface area contributed by atoms with Crippen LogP contribution in [0.4, 0.5) is 0 Å². The predicted molar refractivity (Wildman–Crippen MR) is 82.2 cm³/mol. The quantitative estimate of drug-likeness (QED) is 0.674. The number of aromatic nitrogens is 1. The molecule has 0 spiro atoms. The van der Waals surface area contributed by atoms with Gasteiger partial charge in [0.2, 0.25) is 0 Å². The van der Waals surface area contributed by atoms with E-state index >= 15 is 0 Å². The van der Waals surface area contributed by atoms with Gasteiger partial charge in [0.1, 0.15) is 11.5 Å². The van der Waals surface area contributed by atoms with Crippen LogP contribution in [-0.4, -0.2) is 26.3 Å². The van der Waals surface area contributed by atoms with Crippen molar-refractivity contribution in [1.82, 2.24) is 4.98 Å². The lowest BCUT2D eigenvalue weighted by atomic mass is 10.0. The van der Waals surface area contributed by atoms with E-state index < -0.39 is 5.97 Å². The SMILES string of the molecule is Cc1ccc2nc(-c3cc(O)cc(O)c3)cc(C(=O)O)c2c1. The molecule has 3 rings (SSSR count). The summed E-state index contributed by atoms with van der Waals surface area (Å²) in [6, 6.07) is 10.9. The zero-order chi connectivity index (χ0) is 15.9. The minimum atomic E-state index is -1.05. The van der Waals surface area contributed by atoms with E-state index in [9.17, 15) is 20.1 Å². The first-order chi connectivity index (χ1) is 10.4. The minimum absolute atomic E-state index is 0.113. The maximum absolute atomic E-state index is 11.5. The highest BCUT2D eigenvalue weighted by atomic mass is 16.4. The summed E-state index contributed by atoms with van der Waals surface area (Å²) in [5, 5.41) is 29.1. The second-order valence-corrected chi connectivity index (χ2v) is 5.12. The van der Waals surface area contributed by atoms with Crippen LogP contribution in [0.15, 0.2) is 42.5 Å². The average Bonchev–Trinajstić information content (AvgIpc) is 2.44. The molecule has 0 bridgehead atoms. The van der Waals surface area contributed by atoms with E-state index in [-0.39, 0.29) is 17.1 Å². The van der Waals surface area contributed by atoms with Crippen molar-refractivity contribution >= 4 is 16.9 Å². The smallest absolute Gasteiger partial charge is 0.336 e. The van der Waals surface area contributed by atoms with Gasteiger partial charge in [-0.05, 0) is 37.3 Å². The van der Waals surface area contributed by atoms with Gasteiger partial charge in [0.25, 0.3) is 0 Å². The highest BCUT2D eigenvalue weighted by molar-refractivity contribution is 6.04. The summed E-state index contributed by atoms with van der Waals surface area (Å²) in [6.45, 7) is 1.88. The van der Waals surface area contributed by atoms with Gasteiger partial charge in [0.05, 0.1) is 16.8 Å². The van der Waals surface area contributed by atoms with Crippen molar-refractivity contribution in [2.75, 3.05) is 0 Å². The molecule has 1 heterocycles. The standard InChI is InChI=1S/C17H13NO4/c1-9-2-3-15-13(4-9)14(17(21)22)8-16(18-15)10-5-11(19)7-12(20)6-10/h2-8,19-20H,1H3,(H,21,22). The van der Waals surface area contributed by atoms with Crippen LogP contribution in [-0.2, 0) is 0 Å². The number of carboxylic acids is 1. The topological polar surface area (TPSA) is 90.7 Å². The van der Waals surface area contributed by atoms with Gasteiger partial charge in [-0.15, -0.1) is 0 Å². The van der Waals surface area contributed by atoms with E-state index in [1.54, 1.807) is 12.1 Å². The van der Waals surface area contributed by atoms with Crippen molar-refractivity contribution in [1.29, 1.82) is 0 Å². The molecule has 3 aromatic rings. The monoisotopic (exact) mass is 295 g/mol. The molecule has 1 aromatic heterocycles. The summed E-state index contributed by atoms with van der Waals surface area (Å²) in [4.78, 5) is 15.9. The maximum atomic E-state index is 11.5. The molecule has 0 amide bonds. The third kappa shape index (κ3) is 2.44. The number of aromatic hydroxyl groups is 2. The van der Waals surface area contributed by atoms with E-state index in [1.165, 1.54) is 24.3 Å². The molecule has 5 nitrogen and oxygen atoms in total. The van der Waals surface area contributed by atoms with Crippen LogP contribution in [0, 0.1) is 6.92 Å². The molecular weight excluding hydrogens is 282 g/mol. The number of hydrogen-bond donors (Lipinski definition) is 3. The van der Waals surface area contributed by atoms with Gasteiger partial charge in [0.15, 0.2) is 0 Å². The van der Waals surface area contributed by atoms with Crippen LogP contribution in [0.1, 0.15) is 15.9 Å². The summed E-state index contributed by atoms with van der Waals surface area (Å²) in [7, 11) is 0. The van der Waals surface area contributed by atoms with Gasteiger partial charge in [0, 0.05) is 17.0 Å². The lowest BCUT2D eigenvalue weighted by molar-refractivity contribution is 0.0699. The number of fused-ring (bicyclic) bond motifs is 1. The number of pyridine rings is 1. The third-order valence-electron chi connectivity index (χ3n) is 3.39. The Morgan fingerprint density at radius 1 is 1.00 bits per heavy atom. The number of phenols is 2. The average molecular weight is 295 g/mol. The molecule has 3 N–H and O–H groups in total. The number of carboxylic acid groups (broad SMARTS) is 1. The first kappa shape index (κ1) is 13.9. The Kier molecular flexibility index (Phi) is 3.18. The number of aromatic carboxylic acids is 1. The van der Waals surface area contributed by atoms with Crippen LogP contribution >= 0.6 is 0 Å². The van der Waals surface area contributed by atoms with Crippen molar-refractivity contribution in [3.05, 3.63) is 53.6 Å². The van der Waals surface area contributed by atoms with Crippen LogP contribution in [0.25, 0.3) is 22.2 Å². The zero-order valence-corrected chi connectivity index (χ0v) is 11.7. The maximum Gasteiger partial charge on any atom is 0.336 e. The van der Waals surface area contributed by atoms with E-state index in [0.717, 1.165) is 5.56 Å². The van der Waals surface area contributed by atoms with Crippen LogP contribution < -0.4 is 0 Å². The fraction of sp³-hybridized carbons (Fsp3) is 0.0588. The molecule has 0 saturated heterocycles. The fourth-order valence-corrected chi connectivity index (χ4v) is 2.41. The molecule has 0 aliphatic rings. The zero-order valence-electron chi connectivity index (χ0n) is 11.7. The molecule has 0 radical (unpaired) electrons. The molecule has 5 heteroatoms. The van der Waals surface area contributed by atoms with Crippen LogP contribution in [0.5, 0.6) is 11.5 Å². The molecule has 0 aliphatic heterocycles. The minimum Gasteiger partial charge on any atom is -0.508 e. The first-order valence-electron chi connectivity index (χ1n) is 6.62. The molecule has 22 heavy (non-hydrogen) atoms. The third-order valence-corrected chi connectivity index (χ3v) is 3.39. The Morgan fingerprint density at radius 2 is 1.68 bits per heavy atom. The van der Waals surface area contributed by atoms with Crippen molar-refractivity contribution in [3.8, 4) is 22.8 Å². The van der Waals surface area contributed by atoms with Crippen LogP contribution in [0.3, 0.4) is 0 Å². The first-order valence-corrected chi connectivity index (χ1v) is 6.62. The molecule has 0 aliphatic carbocycles. The molecule has 0 unspecified atom stereocenters. The Balaban J connectivity index is 2.31. The number of phenolic OH excluding ortho intramolecular Hbond substituents is 2. The van der Waals surface area contributed by atoms with Gasteiger partial charge in [-0.25, -0.2) is 9.78 Å². The second kappa shape index (κ2) is 5.04.